The first kappa shape index (κ1) is 16.9. The van der Waals surface area contributed by atoms with Crippen molar-refractivity contribution in [2.45, 2.75) is 53.0 Å². The van der Waals surface area contributed by atoms with Gasteiger partial charge < -0.3 is 4.57 Å². The van der Waals surface area contributed by atoms with Gasteiger partial charge in [0.15, 0.2) is 0 Å². The normalized spacial score (nSPS) is 12.1. The summed E-state index contributed by atoms with van der Waals surface area (Å²) in [5.41, 5.74) is 3.06. The van der Waals surface area contributed by atoms with Crippen LogP contribution in [0.5, 0.6) is 0 Å². The molecule has 0 atom stereocenters. The van der Waals surface area contributed by atoms with E-state index in [2.05, 4.69) is 21.5 Å². The van der Waals surface area contributed by atoms with E-state index in [0.717, 1.165) is 41.7 Å². The third kappa shape index (κ3) is 3.85. The fourth-order valence-corrected chi connectivity index (χ4v) is 4.23. The van der Waals surface area contributed by atoms with Gasteiger partial charge in [-0.1, -0.05) is 20.3 Å². The summed E-state index contributed by atoms with van der Waals surface area (Å²) in [5.74, 6) is 1.55. The molecule has 2 heterocycles. The van der Waals surface area contributed by atoms with E-state index < -0.39 is 9.84 Å². The van der Waals surface area contributed by atoms with Crippen molar-refractivity contribution in [1.29, 1.82) is 0 Å². The highest BCUT2D eigenvalue weighted by Crippen LogP contribution is 2.20. The van der Waals surface area contributed by atoms with Crippen LogP contribution in [-0.2, 0) is 22.8 Å². The molecule has 0 fully saturated rings. The minimum atomic E-state index is -2.93. The number of aryl methyl sites for hydroxylation is 3. The summed E-state index contributed by atoms with van der Waals surface area (Å²) in [5, 5.41) is 0. The second-order valence-electron chi connectivity index (χ2n) is 5.72. The van der Waals surface area contributed by atoms with Crippen LogP contribution in [0.3, 0.4) is 0 Å². The SMILES string of the molecule is CCCCS(=O)(=O)CCCn1c(CC)nc2cncc(C)c21. The molecule has 0 aliphatic rings. The van der Waals surface area contributed by atoms with Crippen molar-refractivity contribution < 1.29 is 8.42 Å². The van der Waals surface area contributed by atoms with Gasteiger partial charge in [-0.05, 0) is 25.3 Å². The summed E-state index contributed by atoms with van der Waals surface area (Å²) < 4.78 is 26.1. The first-order chi connectivity index (χ1) is 10.5. The van der Waals surface area contributed by atoms with Crippen LogP contribution in [-0.4, -0.2) is 34.5 Å². The van der Waals surface area contributed by atoms with Crippen molar-refractivity contribution in [2.75, 3.05) is 11.5 Å². The number of unbranched alkanes of at least 4 members (excludes halogenated alkanes) is 1. The molecular weight excluding hydrogens is 298 g/mol. The molecule has 0 radical (unpaired) electrons. The number of nitrogens with zero attached hydrogens (tertiary/aromatic N) is 3. The Kier molecular flexibility index (Phi) is 5.56. The maximum atomic E-state index is 12.0. The second-order valence-corrected chi connectivity index (χ2v) is 8.02. The van der Waals surface area contributed by atoms with Gasteiger partial charge >= 0.3 is 0 Å². The van der Waals surface area contributed by atoms with Gasteiger partial charge in [0.1, 0.15) is 21.2 Å². The molecule has 0 saturated carbocycles. The van der Waals surface area contributed by atoms with Gasteiger partial charge in [0.2, 0.25) is 0 Å². The van der Waals surface area contributed by atoms with Crippen molar-refractivity contribution in [3.63, 3.8) is 0 Å². The summed E-state index contributed by atoms with van der Waals surface area (Å²) >= 11 is 0. The Hall–Kier alpha value is -1.43. The van der Waals surface area contributed by atoms with Crippen molar-refractivity contribution in [3.05, 3.63) is 23.8 Å². The van der Waals surface area contributed by atoms with E-state index in [1.54, 1.807) is 6.20 Å². The smallest absolute Gasteiger partial charge is 0.150 e. The van der Waals surface area contributed by atoms with Crippen molar-refractivity contribution in [2.24, 2.45) is 0 Å². The maximum Gasteiger partial charge on any atom is 0.150 e. The molecule has 22 heavy (non-hydrogen) atoms. The summed E-state index contributed by atoms with van der Waals surface area (Å²) in [6.07, 6.45) is 6.73. The van der Waals surface area contributed by atoms with Crippen molar-refractivity contribution in [1.82, 2.24) is 14.5 Å². The molecule has 0 unspecified atom stereocenters. The largest absolute Gasteiger partial charge is 0.328 e. The first-order valence-corrected chi connectivity index (χ1v) is 9.80. The number of pyridine rings is 1. The van der Waals surface area contributed by atoms with E-state index in [1.807, 2.05) is 20.0 Å². The fourth-order valence-electron chi connectivity index (χ4n) is 2.73. The lowest BCUT2D eigenvalue weighted by Crippen LogP contribution is -2.14. The molecular formula is C16H25N3O2S. The summed E-state index contributed by atoms with van der Waals surface area (Å²) in [6.45, 7) is 6.79. The van der Waals surface area contributed by atoms with E-state index in [0.29, 0.717) is 18.7 Å². The molecule has 0 spiro atoms. The fraction of sp³-hybridized carbons (Fsp3) is 0.625. The predicted molar refractivity (Wildman–Crippen MR) is 89.8 cm³/mol. The van der Waals surface area contributed by atoms with Crippen LogP contribution in [0.25, 0.3) is 11.0 Å². The molecule has 0 aliphatic heterocycles. The highest BCUT2D eigenvalue weighted by molar-refractivity contribution is 7.91. The number of imidazole rings is 1. The minimum Gasteiger partial charge on any atom is -0.328 e. The molecule has 0 bridgehead atoms. The predicted octanol–water partition coefficient (Wildman–Crippen LogP) is 2.91. The highest BCUT2D eigenvalue weighted by Gasteiger charge is 2.14. The van der Waals surface area contributed by atoms with Crippen LogP contribution in [0.4, 0.5) is 0 Å². The standard InChI is InChI=1S/C16H25N3O2S/c1-4-6-9-22(20,21)10-7-8-19-15(5-2)18-14-12-17-11-13(3)16(14)19/h11-12H,4-10H2,1-3H3. The van der Waals surface area contributed by atoms with Crippen LogP contribution < -0.4 is 0 Å². The summed E-state index contributed by atoms with van der Waals surface area (Å²) in [6, 6.07) is 0. The first-order valence-electron chi connectivity index (χ1n) is 7.98. The Morgan fingerprint density at radius 3 is 2.55 bits per heavy atom. The van der Waals surface area contributed by atoms with Gasteiger partial charge in [-0.2, -0.15) is 0 Å². The third-order valence-electron chi connectivity index (χ3n) is 3.87. The number of hydrogen-bond donors (Lipinski definition) is 0. The Balaban J connectivity index is 2.14. The van der Waals surface area contributed by atoms with Gasteiger partial charge in [-0.3, -0.25) is 4.98 Å². The average molecular weight is 323 g/mol. The molecule has 2 aromatic rings. The van der Waals surface area contributed by atoms with Gasteiger partial charge in [-0.25, -0.2) is 13.4 Å². The lowest BCUT2D eigenvalue weighted by Gasteiger charge is -2.10. The number of fused-ring (bicyclic) bond motifs is 1. The average Bonchev–Trinajstić information content (AvgIpc) is 2.84. The minimum absolute atomic E-state index is 0.250. The van der Waals surface area contributed by atoms with E-state index in [-0.39, 0.29) is 5.75 Å². The van der Waals surface area contributed by atoms with E-state index >= 15 is 0 Å². The number of rotatable bonds is 8. The molecule has 0 N–H and O–H groups in total. The molecule has 122 valence electrons. The van der Waals surface area contributed by atoms with Crippen molar-refractivity contribution >= 4 is 20.9 Å². The molecule has 0 aromatic carbocycles. The molecule has 0 saturated heterocycles. The van der Waals surface area contributed by atoms with E-state index in [1.165, 1.54) is 0 Å². The molecule has 2 rings (SSSR count). The van der Waals surface area contributed by atoms with Crippen LogP contribution in [0.1, 0.15) is 44.5 Å². The van der Waals surface area contributed by atoms with Crippen molar-refractivity contribution in [3.8, 4) is 0 Å². The molecule has 0 aliphatic carbocycles. The van der Waals surface area contributed by atoms with Gasteiger partial charge in [0.25, 0.3) is 0 Å². The number of hydrogen-bond acceptors (Lipinski definition) is 4. The van der Waals surface area contributed by atoms with Crippen LogP contribution >= 0.6 is 0 Å². The zero-order valence-corrected chi connectivity index (χ0v) is 14.5. The topological polar surface area (TPSA) is 64.8 Å². The molecule has 5 nitrogen and oxygen atoms in total. The summed E-state index contributed by atoms with van der Waals surface area (Å²) in [7, 11) is -2.93. The van der Waals surface area contributed by atoms with Crippen LogP contribution in [0, 0.1) is 6.92 Å². The lowest BCUT2D eigenvalue weighted by molar-refractivity contribution is 0.582. The van der Waals surface area contributed by atoms with E-state index in [4.69, 9.17) is 0 Å². The highest BCUT2D eigenvalue weighted by atomic mass is 32.2. The van der Waals surface area contributed by atoms with Gasteiger partial charge in [-0.15, -0.1) is 0 Å². The Bertz CT molecular complexity index is 735. The summed E-state index contributed by atoms with van der Waals surface area (Å²) in [4.78, 5) is 8.79. The van der Waals surface area contributed by atoms with Crippen LogP contribution in [0.2, 0.25) is 0 Å². The Labute approximate surface area is 132 Å². The number of aromatic nitrogens is 3. The quantitative estimate of drug-likeness (QED) is 0.749. The van der Waals surface area contributed by atoms with Crippen LogP contribution in [0.15, 0.2) is 12.4 Å². The van der Waals surface area contributed by atoms with E-state index in [9.17, 15) is 8.42 Å². The number of sulfone groups is 1. The Morgan fingerprint density at radius 1 is 1.14 bits per heavy atom. The lowest BCUT2D eigenvalue weighted by atomic mass is 10.2. The monoisotopic (exact) mass is 323 g/mol. The zero-order valence-electron chi connectivity index (χ0n) is 13.7. The van der Waals surface area contributed by atoms with Gasteiger partial charge in [0, 0.05) is 19.2 Å². The Morgan fingerprint density at radius 2 is 1.86 bits per heavy atom. The zero-order chi connectivity index (χ0) is 16.2. The van der Waals surface area contributed by atoms with Gasteiger partial charge in [0.05, 0.1) is 23.2 Å². The molecule has 6 heteroatoms. The second kappa shape index (κ2) is 7.22. The molecule has 0 amide bonds. The molecule has 2 aromatic heterocycles. The maximum absolute atomic E-state index is 12.0. The third-order valence-corrected chi connectivity index (χ3v) is 5.70.